The van der Waals surface area contributed by atoms with Crippen LogP contribution in [-0.2, 0) is 19.0 Å². The Hall–Kier alpha value is -3.52. The van der Waals surface area contributed by atoms with Gasteiger partial charge in [0, 0.05) is 19.5 Å². The molecule has 1 atom stereocenters. The number of benzene rings is 3. The molecule has 3 nitrogen and oxygen atoms in total. The van der Waals surface area contributed by atoms with E-state index >= 15 is 0 Å². The van der Waals surface area contributed by atoms with Gasteiger partial charge in [0.2, 0.25) is 6.43 Å². The van der Waals surface area contributed by atoms with Gasteiger partial charge in [0.25, 0.3) is 0 Å². The highest BCUT2D eigenvalue weighted by atomic mass is 19.4. The van der Waals surface area contributed by atoms with E-state index in [-0.39, 0.29) is 17.5 Å². The van der Waals surface area contributed by atoms with Crippen molar-refractivity contribution in [1.82, 2.24) is 4.90 Å². The third-order valence-corrected chi connectivity index (χ3v) is 8.15. The van der Waals surface area contributed by atoms with E-state index in [0.29, 0.717) is 42.9 Å². The van der Waals surface area contributed by atoms with Crippen LogP contribution >= 0.6 is 0 Å². The molecule has 1 fully saturated rings. The molecule has 1 aliphatic carbocycles. The Kier molecular flexibility index (Phi) is 8.59. The lowest BCUT2D eigenvalue weighted by atomic mass is 9.85. The second kappa shape index (κ2) is 12.1. The maximum absolute atomic E-state index is 14.1. The average molecular weight is 570 g/mol. The van der Waals surface area contributed by atoms with Crippen molar-refractivity contribution < 1.29 is 31.9 Å². The van der Waals surface area contributed by atoms with E-state index in [4.69, 9.17) is 0 Å². The molecule has 1 aliphatic heterocycles. The Morgan fingerprint density at radius 1 is 0.976 bits per heavy atom. The predicted molar refractivity (Wildman–Crippen MR) is 149 cm³/mol. The fourth-order valence-electron chi connectivity index (χ4n) is 6.22. The lowest BCUT2D eigenvalue weighted by Crippen LogP contribution is -2.23. The number of likely N-dealkylation sites (tertiary alicyclic amines) is 1. The van der Waals surface area contributed by atoms with Gasteiger partial charge in [-0.2, -0.15) is 13.2 Å². The first-order valence-electron chi connectivity index (χ1n) is 14.0. The summed E-state index contributed by atoms with van der Waals surface area (Å²) in [5.74, 6) is -0.686. The van der Waals surface area contributed by atoms with Crippen molar-refractivity contribution in [3.05, 3.63) is 106 Å². The molecule has 8 heteroatoms. The smallest absolute Gasteiger partial charge is 0.416 e. The van der Waals surface area contributed by atoms with Crippen LogP contribution in [0.4, 0.5) is 22.0 Å². The Morgan fingerprint density at radius 3 is 2.44 bits per heavy atom. The van der Waals surface area contributed by atoms with Gasteiger partial charge in [-0.15, -0.1) is 0 Å². The van der Waals surface area contributed by atoms with Crippen LogP contribution in [0, 0.1) is 5.92 Å². The summed E-state index contributed by atoms with van der Waals surface area (Å²) < 4.78 is 67.5. The number of fused-ring (bicyclic) bond motifs is 1. The fourth-order valence-corrected chi connectivity index (χ4v) is 6.22. The number of aryl methyl sites for hydroxylation is 1. The van der Waals surface area contributed by atoms with E-state index in [1.165, 1.54) is 18.2 Å². The van der Waals surface area contributed by atoms with E-state index in [0.717, 1.165) is 54.3 Å². The Bertz CT molecular complexity index is 1430. The molecule has 0 bridgehead atoms. The summed E-state index contributed by atoms with van der Waals surface area (Å²) in [7, 11) is 0. The number of hydrogen-bond donors (Lipinski definition) is 1. The fraction of sp³-hybridized carbons (Fsp3) is 0.364. The number of aromatic carboxylic acids is 1. The number of nitrogens with zero attached hydrogens (tertiary/aromatic N) is 1. The van der Waals surface area contributed by atoms with Crippen LogP contribution in [0.2, 0.25) is 0 Å². The number of carbonyl (C=O) groups is 1. The van der Waals surface area contributed by atoms with Crippen LogP contribution in [0.25, 0.3) is 11.1 Å². The van der Waals surface area contributed by atoms with Crippen LogP contribution in [0.1, 0.15) is 69.4 Å². The number of carboxylic acids is 1. The van der Waals surface area contributed by atoms with Gasteiger partial charge in [0.05, 0.1) is 11.1 Å². The minimum Gasteiger partial charge on any atom is -0.478 e. The molecule has 3 aromatic rings. The maximum atomic E-state index is 14.1. The molecule has 1 saturated heterocycles. The summed E-state index contributed by atoms with van der Waals surface area (Å²) in [5, 5.41) is 9.54. The third-order valence-electron chi connectivity index (χ3n) is 8.15. The highest BCUT2D eigenvalue weighted by Crippen LogP contribution is 2.44. The molecule has 0 spiro atoms. The first-order valence-corrected chi connectivity index (χ1v) is 14.0. The van der Waals surface area contributed by atoms with Gasteiger partial charge in [-0.3, -0.25) is 0 Å². The third kappa shape index (κ3) is 6.70. The number of halogens is 5. The normalized spacial score (nSPS) is 18.0. The Morgan fingerprint density at radius 2 is 1.73 bits per heavy atom. The zero-order valence-electron chi connectivity index (χ0n) is 22.6. The monoisotopic (exact) mass is 569 g/mol. The van der Waals surface area contributed by atoms with Crippen molar-refractivity contribution >= 4 is 17.1 Å². The number of allylic oxidation sites excluding steroid dienone is 1. The molecule has 0 saturated carbocycles. The van der Waals surface area contributed by atoms with Crippen molar-refractivity contribution in [2.45, 2.75) is 51.1 Å². The largest absolute Gasteiger partial charge is 0.478 e. The summed E-state index contributed by atoms with van der Waals surface area (Å²) in [4.78, 5) is 13.7. The van der Waals surface area contributed by atoms with E-state index in [1.807, 2.05) is 24.3 Å². The summed E-state index contributed by atoms with van der Waals surface area (Å²) in [6.45, 7) is 1.98. The van der Waals surface area contributed by atoms with Gasteiger partial charge in [-0.05, 0) is 102 Å². The highest BCUT2D eigenvalue weighted by Gasteiger charge is 2.35. The van der Waals surface area contributed by atoms with Crippen molar-refractivity contribution in [3.8, 4) is 0 Å². The first kappa shape index (κ1) is 29.0. The molecule has 5 rings (SSSR count). The minimum absolute atomic E-state index is 0.119. The van der Waals surface area contributed by atoms with Crippen molar-refractivity contribution in [2.75, 3.05) is 19.6 Å². The molecule has 1 unspecified atom stereocenters. The zero-order valence-corrected chi connectivity index (χ0v) is 22.6. The van der Waals surface area contributed by atoms with Gasteiger partial charge in [-0.1, -0.05) is 48.5 Å². The molecular weight excluding hydrogens is 537 g/mol. The summed E-state index contributed by atoms with van der Waals surface area (Å²) >= 11 is 0. The first-order chi connectivity index (χ1) is 19.6. The lowest BCUT2D eigenvalue weighted by Gasteiger charge is -2.20. The number of rotatable bonds is 8. The quantitative estimate of drug-likeness (QED) is 0.278. The van der Waals surface area contributed by atoms with Crippen LogP contribution in [0.3, 0.4) is 0 Å². The molecule has 3 aromatic carbocycles. The second-order valence-electron chi connectivity index (χ2n) is 11.0. The lowest BCUT2D eigenvalue weighted by molar-refractivity contribution is -0.137. The number of carboxylic acid groups (broad SMARTS) is 1. The summed E-state index contributed by atoms with van der Waals surface area (Å²) in [6, 6.07) is 18.3. The van der Waals surface area contributed by atoms with Crippen molar-refractivity contribution in [2.24, 2.45) is 5.92 Å². The molecule has 1 N–H and O–H groups in total. The summed E-state index contributed by atoms with van der Waals surface area (Å²) in [5.41, 5.74) is 4.30. The van der Waals surface area contributed by atoms with Gasteiger partial charge < -0.3 is 10.0 Å². The second-order valence-corrected chi connectivity index (χ2v) is 11.0. The number of alkyl halides is 5. The molecule has 216 valence electrons. The van der Waals surface area contributed by atoms with Crippen LogP contribution < -0.4 is 0 Å². The standard InChI is InChI=1S/C33H32F5NO2/c34-30(35)15-17-39-16-14-22(20-39)18-21-8-10-23(11-9-21)31-26-13-12-25(32(40)41)19-24(26)4-3-6-28(31)27-5-1-2-7-29(27)33(36,37)38/h1-2,5,7-13,19,22,30H,3-4,6,14-18,20H2,(H,40,41). The molecule has 0 radical (unpaired) electrons. The van der Waals surface area contributed by atoms with E-state index in [9.17, 15) is 31.9 Å². The Labute approximate surface area is 236 Å². The van der Waals surface area contributed by atoms with Gasteiger partial charge in [-0.25, -0.2) is 13.6 Å². The van der Waals surface area contributed by atoms with Gasteiger partial charge in [0.1, 0.15) is 0 Å². The SMILES string of the molecule is O=C(O)c1ccc2c(c1)CCCC(c1ccccc1C(F)(F)F)=C2c1ccc(CC2CCN(CCC(F)F)C2)cc1. The van der Waals surface area contributed by atoms with Gasteiger partial charge in [0.15, 0.2) is 0 Å². The topological polar surface area (TPSA) is 40.5 Å². The molecule has 0 amide bonds. The predicted octanol–water partition coefficient (Wildman–Crippen LogP) is 8.22. The number of hydrogen-bond acceptors (Lipinski definition) is 2. The molecule has 41 heavy (non-hydrogen) atoms. The highest BCUT2D eigenvalue weighted by molar-refractivity contribution is 6.01. The zero-order chi connectivity index (χ0) is 29.1. The van der Waals surface area contributed by atoms with E-state index in [1.54, 1.807) is 18.2 Å². The van der Waals surface area contributed by atoms with Gasteiger partial charge >= 0.3 is 12.1 Å². The minimum atomic E-state index is -4.52. The molecule has 0 aromatic heterocycles. The van der Waals surface area contributed by atoms with E-state index in [2.05, 4.69) is 4.90 Å². The van der Waals surface area contributed by atoms with Crippen LogP contribution in [0.5, 0.6) is 0 Å². The Balaban J connectivity index is 1.52. The maximum Gasteiger partial charge on any atom is 0.416 e. The molecular formula is C33H32F5NO2. The van der Waals surface area contributed by atoms with Crippen molar-refractivity contribution in [3.63, 3.8) is 0 Å². The van der Waals surface area contributed by atoms with Crippen molar-refractivity contribution in [1.29, 1.82) is 0 Å². The molecule has 2 aliphatic rings. The van der Waals surface area contributed by atoms with Crippen LogP contribution in [-0.4, -0.2) is 42.0 Å². The molecule has 1 heterocycles. The van der Waals surface area contributed by atoms with Crippen LogP contribution in [0.15, 0.2) is 66.7 Å². The van der Waals surface area contributed by atoms with E-state index < -0.39 is 24.1 Å². The average Bonchev–Trinajstić information content (AvgIpc) is 3.30. The summed E-state index contributed by atoms with van der Waals surface area (Å²) in [6.07, 6.45) is -3.65.